The molecule has 0 aliphatic rings. The van der Waals surface area contributed by atoms with Gasteiger partial charge in [0.1, 0.15) is 5.75 Å². The quantitative estimate of drug-likeness (QED) is 0.277. The van der Waals surface area contributed by atoms with E-state index in [0.29, 0.717) is 27.9 Å². The number of nitrogens with one attached hydrogen (secondary N) is 1. The second-order valence-electron chi connectivity index (χ2n) is 7.71. The number of aromatic nitrogens is 5. The molecule has 2 heterocycles. The van der Waals surface area contributed by atoms with Gasteiger partial charge in [-0.25, -0.2) is 9.36 Å². The van der Waals surface area contributed by atoms with E-state index in [1.54, 1.807) is 16.8 Å². The molecule has 12 heteroatoms. The summed E-state index contributed by atoms with van der Waals surface area (Å²) in [6.07, 6.45) is 0. The second kappa shape index (κ2) is 10.1. The molecule has 0 unspecified atom stereocenters. The topological polar surface area (TPSA) is 113 Å². The average Bonchev–Trinajstić information content (AvgIpc) is 3.32. The number of carbonyl (C=O) groups is 1. The molecule has 9 nitrogen and oxygen atoms in total. The van der Waals surface area contributed by atoms with Crippen molar-refractivity contribution in [1.82, 2.24) is 24.7 Å². The summed E-state index contributed by atoms with van der Waals surface area (Å²) in [5.74, 6) is 6.24. The summed E-state index contributed by atoms with van der Waals surface area (Å²) in [6.45, 7) is 2.84. The van der Waals surface area contributed by atoms with Crippen LogP contribution in [0.15, 0.2) is 53.7 Å². The lowest BCUT2D eigenvalue weighted by Crippen LogP contribution is -2.17. The van der Waals surface area contributed by atoms with E-state index >= 15 is 0 Å². The molecule has 35 heavy (non-hydrogen) atoms. The number of rotatable bonds is 8. The van der Waals surface area contributed by atoms with E-state index in [1.807, 2.05) is 45.0 Å². The number of nitrogen functional groups attached to an aromatic ring is 1. The van der Waals surface area contributed by atoms with Crippen LogP contribution in [0.3, 0.4) is 0 Å². The van der Waals surface area contributed by atoms with Gasteiger partial charge in [0.2, 0.25) is 11.1 Å². The third-order valence-electron chi connectivity index (χ3n) is 5.17. The highest BCUT2D eigenvalue weighted by molar-refractivity contribution is 7.99. The highest BCUT2D eigenvalue weighted by atomic mass is 32.2. The molecule has 0 aliphatic heterocycles. The van der Waals surface area contributed by atoms with Gasteiger partial charge in [-0.1, -0.05) is 29.5 Å². The predicted octanol–water partition coefficient (Wildman–Crippen LogP) is 4.10. The monoisotopic (exact) mass is 499 g/mol. The lowest BCUT2D eigenvalue weighted by molar-refractivity contribution is -0.113. The van der Waals surface area contributed by atoms with Gasteiger partial charge in [-0.2, -0.15) is 13.9 Å². The number of benzene rings is 2. The van der Waals surface area contributed by atoms with E-state index in [0.717, 1.165) is 28.7 Å². The lowest BCUT2D eigenvalue weighted by atomic mass is 10.2. The van der Waals surface area contributed by atoms with Crippen LogP contribution in [-0.2, 0) is 4.79 Å². The molecule has 0 radical (unpaired) electrons. The van der Waals surface area contributed by atoms with E-state index < -0.39 is 6.61 Å². The molecule has 0 saturated heterocycles. The summed E-state index contributed by atoms with van der Waals surface area (Å²) in [5.41, 5.74) is 4.78. The lowest BCUT2D eigenvalue weighted by Gasteiger charge is -2.08. The summed E-state index contributed by atoms with van der Waals surface area (Å²) in [4.78, 5) is 12.7. The number of alkyl halides is 2. The molecule has 4 rings (SSSR count). The van der Waals surface area contributed by atoms with Crippen molar-refractivity contribution in [3.8, 4) is 22.8 Å². The zero-order valence-corrected chi connectivity index (χ0v) is 20.0. The SMILES string of the molecule is Cc1ccc(-n2nc(C)c(NC(=O)CSc3nnc(-c4ccc(OC(F)F)cc4)n3N)c2C)cc1. The van der Waals surface area contributed by atoms with Crippen molar-refractivity contribution in [3.63, 3.8) is 0 Å². The maximum atomic E-state index is 12.7. The number of ether oxygens (including phenoxy) is 1. The van der Waals surface area contributed by atoms with Gasteiger partial charge in [0, 0.05) is 5.56 Å². The molecule has 0 bridgehead atoms. The molecule has 1 amide bonds. The molecule has 0 saturated carbocycles. The van der Waals surface area contributed by atoms with Crippen LogP contribution < -0.4 is 15.9 Å². The smallest absolute Gasteiger partial charge is 0.387 e. The fraction of sp³-hybridized carbons (Fsp3) is 0.217. The minimum atomic E-state index is -2.90. The summed E-state index contributed by atoms with van der Waals surface area (Å²) < 4.78 is 32.0. The van der Waals surface area contributed by atoms with E-state index in [4.69, 9.17) is 5.84 Å². The summed E-state index contributed by atoms with van der Waals surface area (Å²) in [6, 6.07) is 13.8. The molecule has 182 valence electrons. The Morgan fingerprint density at radius 2 is 1.77 bits per heavy atom. The van der Waals surface area contributed by atoms with Gasteiger partial charge in [0.25, 0.3) is 0 Å². The van der Waals surface area contributed by atoms with Gasteiger partial charge in [-0.05, 0) is 57.2 Å². The first kappa shape index (κ1) is 24.2. The van der Waals surface area contributed by atoms with Crippen molar-refractivity contribution in [2.75, 3.05) is 16.9 Å². The highest BCUT2D eigenvalue weighted by Crippen LogP contribution is 2.26. The number of nitrogens with zero attached hydrogens (tertiary/aromatic N) is 5. The van der Waals surface area contributed by atoms with Crippen LogP contribution in [-0.4, -0.2) is 42.9 Å². The van der Waals surface area contributed by atoms with E-state index in [-0.39, 0.29) is 17.4 Å². The number of amides is 1. The average molecular weight is 500 g/mol. The number of nitrogens with two attached hydrogens (primary N) is 1. The van der Waals surface area contributed by atoms with Crippen molar-refractivity contribution in [2.24, 2.45) is 0 Å². The molecule has 0 aliphatic carbocycles. The molecule has 3 N–H and O–H groups in total. The normalized spacial score (nSPS) is 11.1. The molecule has 2 aromatic carbocycles. The van der Waals surface area contributed by atoms with Crippen molar-refractivity contribution >= 4 is 23.4 Å². The van der Waals surface area contributed by atoms with Crippen LogP contribution in [0.25, 0.3) is 17.1 Å². The summed E-state index contributed by atoms with van der Waals surface area (Å²) in [5, 5.41) is 15.9. The number of halogens is 2. The van der Waals surface area contributed by atoms with Crippen LogP contribution >= 0.6 is 11.8 Å². The molecule has 4 aromatic rings. The minimum Gasteiger partial charge on any atom is -0.435 e. The summed E-state index contributed by atoms with van der Waals surface area (Å²) in [7, 11) is 0. The zero-order chi connectivity index (χ0) is 25.1. The Hall–Kier alpha value is -3.93. The van der Waals surface area contributed by atoms with E-state index in [9.17, 15) is 13.6 Å². The Bertz CT molecular complexity index is 1340. The first-order chi connectivity index (χ1) is 16.7. The van der Waals surface area contributed by atoms with Crippen molar-refractivity contribution in [2.45, 2.75) is 32.5 Å². The largest absolute Gasteiger partial charge is 0.435 e. The first-order valence-electron chi connectivity index (χ1n) is 10.5. The predicted molar refractivity (Wildman–Crippen MR) is 129 cm³/mol. The third kappa shape index (κ3) is 5.43. The number of hydrogen-bond acceptors (Lipinski definition) is 7. The van der Waals surface area contributed by atoms with E-state index in [1.165, 1.54) is 16.8 Å². The van der Waals surface area contributed by atoms with Gasteiger partial charge in [-0.3, -0.25) is 4.79 Å². The highest BCUT2D eigenvalue weighted by Gasteiger charge is 2.18. The molecular weight excluding hydrogens is 476 g/mol. The van der Waals surface area contributed by atoms with Crippen LogP contribution in [0, 0.1) is 20.8 Å². The van der Waals surface area contributed by atoms with Crippen LogP contribution in [0.4, 0.5) is 14.5 Å². The van der Waals surface area contributed by atoms with Gasteiger partial charge in [0.15, 0.2) is 5.82 Å². The number of carbonyl (C=O) groups excluding carboxylic acids is 1. The Labute approximate surface area is 204 Å². The number of anilines is 1. The Kier molecular flexibility index (Phi) is 7.01. The molecular formula is C23H23F2N7O2S. The zero-order valence-electron chi connectivity index (χ0n) is 19.2. The van der Waals surface area contributed by atoms with Gasteiger partial charge >= 0.3 is 6.61 Å². The van der Waals surface area contributed by atoms with Crippen LogP contribution in [0.1, 0.15) is 17.0 Å². The summed E-state index contributed by atoms with van der Waals surface area (Å²) >= 11 is 1.12. The van der Waals surface area contributed by atoms with Gasteiger partial charge < -0.3 is 15.9 Å². The fourth-order valence-corrected chi connectivity index (χ4v) is 4.08. The third-order valence-corrected chi connectivity index (χ3v) is 6.11. The van der Waals surface area contributed by atoms with Crippen molar-refractivity contribution in [3.05, 3.63) is 65.5 Å². The molecule has 2 aromatic heterocycles. The van der Waals surface area contributed by atoms with Crippen molar-refractivity contribution in [1.29, 1.82) is 0 Å². The maximum Gasteiger partial charge on any atom is 0.387 e. The van der Waals surface area contributed by atoms with E-state index in [2.05, 4.69) is 25.3 Å². The fourth-order valence-electron chi connectivity index (χ4n) is 3.42. The van der Waals surface area contributed by atoms with Crippen LogP contribution in [0.2, 0.25) is 0 Å². The minimum absolute atomic E-state index is 0.0226. The molecule has 0 atom stereocenters. The van der Waals surface area contributed by atoms with Gasteiger partial charge in [-0.15, -0.1) is 10.2 Å². The number of thioether (sulfide) groups is 1. The standard InChI is InChI=1S/C23H23F2N7O2S/c1-13-4-8-17(9-5-13)32-15(3)20(14(2)30-32)27-19(33)12-35-23-29-28-21(31(23)26)16-6-10-18(11-7-16)34-22(24)25/h4-11,22H,12,26H2,1-3H3,(H,27,33). The number of aryl methyl sites for hydroxylation is 2. The Morgan fingerprint density at radius 1 is 1.09 bits per heavy atom. The maximum absolute atomic E-state index is 12.7. The molecule has 0 spiro atoms. The number of hydrogen-bond donors (Lipinski definition) is 2. The van der Waals surface area contributed by atoms with Gasteiger partial charge in [0.05, 0.1) is 28.5 Å². The second-order valence-corrected chi connectivity index (χ2v) is 8.65. The van der Waals surface area contributed by atoms with Crippen LogP contribution in [0.5, 0.6) is 5.75 Å². The Balaban J connectivity index is 1.41. The van der Waals surface area contributed by atoms with Crippen molar-refractivity contribution < 1.29 is 18.3 Å². The Morgan fingerprint density at radius 3 is 2.43 bits per heavy atom. The first-order valence-corrected chi connectivity index (χ1v) is 11.5. The molecule has 0 fully saturated rings.